The van der Waals surface area contributed by atoms with Crippen molar-refractivity contribution in [3.63, 3.8) is 0 Å². The Morgan fingerprint density at radius 1 is 1.33 bits per heavy atom. The molecule has 1 heterocycles. The Bertz CT molecular complexity index is 349. The fourth-order valence-electron chi connectivity index (χ4n) is 2.83. The standard InChI is InChI=1S/C14H23N3O/c1-3-12(2)16-7-9-17(10-8-16)13(18)14(11-15)5-4-6-14/h12H,3-10H2,1-2H3. The van der Waals surface area contributed by atoms with Gasteiger partial charge in [-0.3, -0.25) is 9.69 Å². The predicted molar refractivity (Wildman–Crippen MR) is 69.8 cm³/mol. The van der Waals surface area contributed by atoms with E-state index in [9.17, 15) is 10.1 Å². The molecule has 2 rings (SSSR count). The molecule has 0 bridgehead atoms. The van der Waals surface area contributed by atoms with Crippen LogP contribution in [0.3, 0.4) is 0 Å². The Hall–Kier alpha value is -1.08. The molecule has 100 valence electrons. The van der Waals surface area contributed by atoms with Crippen molar-refractivity contribution in [1.29, 1.82) is 5.26 Å². The molecular formula is C14H23N3O. The van der Waals surface area contributed by atoms with E-state index in [1.165, 1.54) is 0 Å². The third-order valence-electron chi connectivity index (χ3n) is 4.65. The van der Waals surface area contributed by atoms with Crippen LogP contribution in [0.4, 0.5) is 0 Å². The summed E-state index contributed by atoms with van der Waals surface area (Å²) in [7, 11) is 0. The van der Waals surface area contributed by atoms with Gasteiger partial charge in [0.05, 0.1) is 6.07 Å². The highest BCUT2D eigenvalue weighted by atomic mass is 16.2. The van der Waals surface area contributed by atoms with Gasteiger partial charge in [-0.05, 0) is 32.6 Å². The highest BCUT2D eigenvalue weighted by molar-refractivity contribution is 5.86. The lowest BCUT2D eigenvalue weighted by molar-refractivity contribution is -0.145. The number of hydrogen-bond donors (Lipinski definition) is 0. The second-order valence-electron chi connectivity index (χ2n) is 5.63. The average molecular weight is 249 g/mol. The number of nitrogens with zero attached hydrogens (tertiary/aromatic N) is 3. The van der Waals surface area contributed by atoms with E-state index in [-0.39, 0.29) is 5.91 Å². The average Bonchev–Trinajstić information content (AvgIpc) is 2.37. The second kappa shape index (κ2) is 5.27. The highest BCUT2D eigenvalue weighted by Crippen LogP contribution is 2.42. The number of piperazine rings is 1. The zero-order chi connectivity index (χ0) is 13.2. The molecule has 0 aromatic carbocycles. The third-order valence-corrected chi connectivity index (χ3v) is 4.65. The van der Waals surface area contributed by atoms with Crippen LogP contribution in [0, 0.1) is 16.7 Å². The number of amides is 1. The van der Waals surface area contributed by atoms with Gasteiger partial charge in [0.2, 0.25) is 5.91 Å². The maximum atomic E-state index is 12.4. The van der Waals surface area contributed by atoms with Gasteiger partial charge in [0.25, 0.3) is 0 Å². The van der Waals surface area contributed by atoms with Crippen LogP contribution in [0.1, 0.15) is 39.5 Å². The van der Waals surface area contributed by atoms with Crippen molar-refractivity contribution in [3.05, 3.63) is 0 Å². The van der Waals surface area contributed by atoms with Gasteiger partial charge in [0.1, 0.15) is 5.41 Å². The van der Waals surface area contributed by atoms with Crippen molar-refractivity contribution in [2.75, 3.05) is 26.2 Å². The first-order valence-corrected chi connectivity index (χ1v) is 7.07. The number of carbonyl (C=O) groups excluding carboxylic acids is 1. The zero-order valence-electron chi connectivity index (χ0n) is 11.5. The molecule has 0 radical (unpaired) electrons. The van der Waals surface area contributed by atoms with E-state index < -0.39 is 5.41 Å². The summed E-state index contributed by atoms with van der Waals surface area (Å²) in [5.74, 6) is 0.0834. The van der Waals surface area contributed by atoms with Crippen molar-refractivity contribution in [3.8, 4) is 6.07 Å². The SMILES string of the molecule is CCC(C)N1CCN(C(=O)C2(C#N)CCC2)CC1. The first-order chi connectivity index (χ1) is 8.63. The fourth-order valence-corrected chi connectivity index (χ4v) is 2.83. The number of rotatable bonds is 3. The molecule has 1 aliphatic carbocycles. The van der Waals surface area contributed by atoms with E-state index in [4.69, 9.17) is 0 Å². The molecule has 1 amide bonds. The van der Waals surface area contributed by atoms with E-state index in [0.717, 1.165) is 51.9 Å². The van der Waals surface area contributed by atoms with E-state index >= 15 is 0 Å². The second-order valence-corrected chi connectivity index (χ2v) is 5.63. The van der Waals surface area contributed by atoms with Crippen LogP contribution >= 0.6 is 0 Å². The van der Waals surface area contributed by atoms with Gasteiger partial charge in [-0.15, -0.1) is 0 Å². The minimum Gasteiger partial charge on any atom is -0.339 e. The first-order valence-electron chi connectivity index (χ1n) is 7.07. The molecule has 18 heavy (non-hydrogen) atoms. The number of carbonyl (C=O) groups is 1. The maximum Gasteiger partial charge on any atom is 0.243 e. The minimum atomic E-state index is -0.668. The molecule has 1 unspecified atom stereocenters. The van der Waals surface area contributed by atoms with Gasteiger partial charge in [0.15, 0.2) is 0 Å². The quantitative estimate of drug-likeness (QED) is 0.763. The summed E-state index contributed by atoms with van der Waals surface area (Å²) in [4.78, 5) is 16.7. The van der Waals surface area contributed by atoms with Crippen molar-refractivity contribution in [1.82, 2.24) is 9.80 Å². The molecule has 0 N–H and O–H groups in total. The summed E-state index contributed by atoms with van der Waals surface area (Å²) in [6, 6.07) is 2.85. The van der Waals surface area contributed by atoms with Gasteiger partial charge in [0, 0.05) is 32.2 Å². The molecule has 0 aromatic heterocycles. The molecule has 2 fully saturated rings. The Labute approximate surface area is 110 Å². The molecule has 1 saturated heterocycles. The van der Waals surface area contributed by atoms with Crippen LogP contribution in [0.25, 0.3) is 0 Å². The third kappa shape index (κ3) is 2.24. The van der Waals surface area contributed by atoms with Gasteiger partial charge in [-0.25, -0.2) is 0 Å². The normalized spacial score (nSPS) is 25.1. The zero-order valence-corrected chi connectivity index (χ0v) is 11.5. The summed E-state index contributed by atoms with van der Waals surface area (Å²) in [5.41, 5.74) is -0.668. The van der Waals surface area contributed by atoms with Crippen LogP contribution in [0.5, 0.6) is 0 Å². The molecule has 4 nitrogen and oxygen atoms in total. The van der Waals surface area contributed by atoms with Crippen LogP contribution in [-0.2, 0) is 4.79 Å². The van der Waals surface area contributed by atoms with E-state index in [0.29, 0.717) is 6.04 Å². The molecule has 1 aliphatic heterocycles. The molecular weight excluding hydrogens is 226 g/mol. The predicted octanol–water partition coefficient (Wildman–Crippen LogP) is 1.62. The lowest BCUT2D eigenvalue weighted by Gasteiger charge is -2.43. The lowest BCUT2D eigenvalue weighted by atomic mass is 9.69. The lowest BCUT2D eigenvalue weighted by Crippen LogP contribution is -2.55. The highest BCUT2D eigenvalue weighted by Gasteiger charge is 2.47. The van der Waals surface area contributed by atoms with Crippen LogP contribution < -0.4 is 0 Å². The van der Waals surface area contributed by atoms with Crippen molar-refractivity contribution in [2.45, 2.75) is 45.6 Å². The summed E-state index contributed by atoms with van der Waals surface area (Å²) in [6.07, 6.45) is 3.68. The fraction of sp³-hybridized carbons (Fsp3) is 0.857. The summed E-state index contributed by atoms with van der Waals surface area (Å²) in [5, 5.41) is 9.21. The number of hydrogen-bond acceptors (Lipinski definition) is 3. The molecule has 2 aliphatic rings. The van der Waals surface area contributed by atoms with Crippen molar-refractivity contribution >= 4 is 5.91 Å². The monoisotopic (exact) mass is 249 g/mol. The Morgan fingerprint density at radius 3 is 2.33 bits per heavy atom. The van der Waals surface area contributed by atoms with Crippen LogP contribution in [0.2, 0.25) is 0 Å². The van der Waals surface area contributed by atoms with Crippen LogP contribution in [-0.4, -0.2) is 47.9 Å². The largest absolute Gasteiger partial charge is 0.339 e. The molecule has 1 saturated carbocycles. The summed E-state index contributed by atoms with van der Waals surface area (Å²) in [6.45, 7) is 7.89. The number of nitriles is 1. The van der Waals surface area contributed by atoms with Crippen molar-refractivity contribution in [2.24, 2.45) is 5.41 Å². The summed E-state index contributed by atoms with van der Waals surface area (Å²) >= 11 is 0. The molecule has 0 aromatic rings. The smallest absolute Gasteiger partial charge is 0.243 e. The molecule has 0 spiro atoms. The Morgan fingerprint density at radius 2 is 1.94 bits per heavy atom. The van der Waals surface area contributed by atoms with Gasteiger partial charge in [-0.1, -0.05) is 6.92 Å². The van der Waals surface area contributed by atoms with Gasteiger partial charge in [-0.2, -0.15) is 5.26 Å². The maximum absolute atomic E-state index is 12.4. The molecule has 4 heteroatoms. The van der Waals surface area contributed by atoms with Gasteiger partial charge < -0.3 is 4.90 Å². The summed E-state index contributed by atoms with van der Waals surface area (Å²) < 4.78 is 0. The van der Waals surface area contributed by atoms with Gasteiger partial charge >= 0.3 is 0 Å². The minimum absolute atomic E-state index is 0.0834. The van der Waals surface area contributed by atoms with Crippen molar-refractivity contribution < 1.29 is 4.79 Å². The van der Waals surface area contributed by atoms with Crippen LogP contribution in [0.15, 0.2) is 0 Å². The topological polar surface area (TPSA) is 47.3 Å². The Balaban J connectivity index is 1.90. The van der Waals surface area contributed by atoms with E-state index in [1.807, 2.05) is 4.90 Å². The van der Waals surface area contributed by atoms with E-state index in [1.54, 1.807) is 0 Å². The molecule has 1 atom stereocenters. The Kier molecular flexibility index (Phi) is 3.91. The van der Waals surface area contributed by atoms with E-state index in [2.05, 4.69) is 24.8 Å². The first kappa shape index (κ1) is 13.4.